The molecular weight excluding hydrogens is 230 g/mol. The Bertz CT molecular complexity index is 323. The van der Waals surface area contributed by atoms with Gasteiger partial charge in [0, 0.05) is 11.8 Å². The van der Waals surface area contributed by atoms with Gasteiger partial charge in [-0.3, -0.25) is 0 Å². The molecule has 0 amide bonds. The van der Waals surface area contributed by atoms with Crippen molar-refractivity contribution < 1.29 is 5.11 Å². The van der Waals surface area contributed by atoms with Gasteiger partial charge in [-0.05, 0) is 23.6 Å². The van der Waals surface area contributed by atoms with Crippen molar-refractivity contribution in [2.75, 3.05) is 6.61 Å². The summed E-state index contributed by atoms with van der Waals surface area (Å²) in [6.45, 7) is 0.266. The molecule has 1 fully saturated rings. The van der Waals surface area contributed by atoms with E-state index in [1.165, 1.54) is 12.8 Å². The van der Waals surface area contributed by atoms with Crippen molar-refractivity contribution in [3.05, 3.63) is 6.33 Å². The molecule has 1 heterocycles. The number of aryl methyl sites for hydroxylation is 1. The molecule has 1 saturated carbocycles. The Morgan fingerprint density at radius 1 is 1.53 bits per heavy atom. The maximum atomic E-state index is 9.44. The molecule has 1 aliphatic rings. The van der Waals surface area contributed by atoms with E-state index in [1.807, 2.05) is 11.6 Å². The third-order valence-electron chi connectivity index (χ3n) is 2.77. The minimum absolute atomic E-state index is 0.0522. The summed E-state index contributed by atoms with van der Waals surface area (Å²) < 4.78 is 1.95. The molecule has 1 aliphatic carbocycles. The first-order valence-corrected chi connectivity index (χ1v) is 7.21. The van der Waals surface area contributed by atoms with Crippen molar-refractivity contribution in [3.8, 4) is 0 Å². The van der Waals surface area contributed by atoms with Crippen LogP contribution in [-0.2, 0) is 7.05 Å². The Morgan fingerprint density at radius 2 is 2.27 bits per heavy atom. The van der Waals surface area contributed by atoms with Crippen molar-refractivity contribution in [3.63, 3.8) is 0 Å². The molecule has 0 aliphatic heterocycles. The molecule has 84 valence electrons. The first-order valence-electron chi connectivity index (χ1n) is 5.06. The van der Waals surface area contributed by atoms with E-state index < -0.39 is 0 Å². The Labute approximate surface area is 97.2 Å². The molecule has 2 rings (SSSR count). The molecule has 15 heavy (non-hydrogen) atoms. The van der Waals surface area contributed by atoms with Crippen molar-refractivity contribution in [1.29, 1.82) is 0 Å². The minimum atomic E-state index is 0.0522. The molecule has 0 unspecified atom stereocenters. The third kappa shape index (κ3) is 2.49. The molecule has 1 N–H and O–H groups in total. The summed E-state index contributed by atoms with van der Waals surface area (Å²) in [7, 11) is 5.30. The number of nitrogens with zero attached hydrogens (tertiary/aromatic N) is 3. The molecule has 0 spiro atoms. The second-order valence-electron chi connectivity index (χ2n) is 3.94. The lowest BCUT2D eigenvalue weighted by Gasteiger charge is -2.24. The third-order valence-corrected chi connectivity index (χ3v) is 6.02. The molecular formula is C9H15N3OS2. The van der Waals surface area contributed by atoms with E-state index in [-0.39, 0.29) is 11.4 Å². The van der Waals surface area contributed by atoms with Crippen LogP contribution in [0, 0.1) is 0 Å². The molecule has 4 nitrogen and oxygen atoms in total. The quantitative estimate of drug-likeness (QED) is 0.821. The van der Waals surface area contributed by atoms with Crippen LogP contribution in [0.3, 0.4) is 0 Å². The van der Waals surface area contributed by atoms with Gasteiger partial charge in [0.1, 0.15) is 6.33 Å². The van der Waals surface area contributed by atoms with E-state index in [1.54, 1.807) is 27.9 Å². The van der Waals surface area contributed by atoms with Gasteiger partial charge in [-0.2, -0.15) is 0 Å². The summed E-state index contributed by atoms with van der Waals surface area (Å²) in [5.74, 6) is 0. The molecule has 1 aromatic heterocycles. The van der Waals surface area contributed by atoms with E-state index in [9.17, 15) is 5.11 Å². The fraction of sp³-hybridized carbons (Fsp3) is 0.778. The van der Waals surface area contributed by atoms with Crippen LogP contribution in [0.1, 0.15) is 25.7 Å². The molecule has 1 aromatic rings. The van der Waals surface area contributed by atoms with Crippen LogP contribution in [-0.4, -0.2) is 31.2 Å². The Kier molecular flexibility index (Phi) is 3.58. The molecule has 0 saturated heterocycles. The summed E-state index contributed by atoms with van der Waals surface area (Å²) in [5, 5.41) is 18.2. The zero-order valence-corrected chi connectivity index (χ0v) is 10.4. The lowest BCUT2D eigenvalue weighted by Crippen LogP contribution is -2.23. The number of hydrogen-bond acceptors (Lipinski definition) is 5. The van der Waals surface area contributed by atoms with Gasteiger partial charge in [0.15, 0.2) is 0 Å². The normalized spacial score (nSPS) is 19.6. The Balaban J connectivity index is 1.94. The van der Waals surface area contributed by atoms with Gasteiger partial charge < -0.3 is 9.67 Å². The summed E-state index contributed by atoms with van der Waals surface area (Å²) in [6, 6.07) is 0. The highest BCUT2D eigenvalue weighted by Gasteiger charge is 2.34. The van der Waals surface area contributed by atoms with Crippen molar-refractivity contribution in [2.45, 2.75) is 35.6 Å². The standard InChI is InChI=1S/C9H15N3OS2/c1-12-7-10-11-8(12)14-15-9(6-13)4-2-3-5-9/h7,13H,2-6H2,1H3. The van der Waals surface area contributed by atoms with Crippen LogP contribution >= 0.6 is 21.6 Å². The highest BCUT2D eigenvalue weighted by molar-refractivity contribution is 8.77. The largest absolute Gasteiger partial charge is 0.395 e. The average molecular weight is 245 g/mol. The predicted octanol–water partition coefficient (Wildman–Crippen LogP) is 1.86. The second kappa shape index (κ2) is 4.76. The summed E-state index contributed by atoms with van der Waals surface area (Å²) >= 11 is 0. The molecule has 0 aromatic carbocycles. The SMILES string of the molecule is Cn1cnnc1SSC1(CO)CCCC1. The number of aliphatic hydroxyl groups excluding tert-OH is 1. The molecule has 6 heteroatoms. The summed E-state index contributed by atoms with van der Waals surface area (Å²) in [4.78, 5) is 0. The second-order valence-corrected chi connectivity index (χ2v) is 6.50. The van der Waals surface area contributed by atoms with E-state index in [2.05, 4.69) is 10.2 Å². The maximum absolute atomic E-state index is 9.44. The monoisotopic (exact) mass is 245 g/mol. The lowest BCUT2D eigenvalue weighted by molar-refractivity contribution is 0.250. The highest BCUT2D eigenvalue weighted by Crippen LogP contribution is 2.48. The van der Waals surface area contributed by atoms with Crippen molar-refractivity contribution in [1.82, 2.24) is 14.8 Å². The van der Waals surface area contributed by atoms with Gasteiger partial charge in [0.05, 0.1) is 6.61 Å². The van der Waals surface area contributed by atoms with Crippen LogP contribution in [0.25, 0.3) is 0 Å². The zero-order chi connectivity index (χ0) is 10.7. The average Bonchev–Trinajstić information content (AvgIpc) is 2.85. The van der Waals surface area contributed by atoms with Gasteiger partial charge >= 0.3 is 0 Å². The molecule has 0 radical (unpaired) electrons. The van der Waals surface area contributed by atoms with Crippen molar-refractivity contribution >= 4 is 21.6 Å². The van der Waals surface area contributed by atoms with Gasteiger partial charge in [-0.15, -0.1) is 10.2 Å². The summed E-state index contributed by atoms with van der Waals surface area (Å²) in [5.41, 5.74) is 0. The fourth-order valence-electron chi connectivity index (χ4n) is 1.76. The first-order chi connectivity index (χ1) is 7.26. The minimum Gasteiger partial charge on any atom is -0.395 e. The highest BCUT2D eigenvalue weighted by atomic mass is 33.1. The molecule has 0 bridgehead atoms. The van der Waals surface area contributed by atoms with E-state index in [4.69, 9.17) is 0 Å². The van der Waals surface area contributed by atoms with Crippen molar-refractivity contribution in [2.24, 2.45) is 7.05 Å². The number of rotatable bonds is 4. The van der Waals surface area contributed by atoms with Crippen LogP contribution in [0.5, 0.6) is 0 Å². The van der Waals surface area contributed by atoms with E-state index in [0.29, 0.717) is 0 Å². The zero-order valence-electron chi connectivity index (χ0n) is 8.72. The van der Waals surface area contributed by atoms with E-state index in [0.717, 1.165) is 18.0 Å². The number of aromatic nitrogens is 3. The van der Waals surface area contributed by atoms with Gasteiger partial charge in [0.2, 0.25) is 5.16 Å². The van der Waals surface area contributed by atoms with Gasteiger partial charge in [0.25, 0.3) is 0 Å². The fourth-order valence-corrected chi connectivity index (χ4v) is 4.63. The Hall–Kier alpha value is -0.200. The van der Waals surface area contributed by atoms with Gasteiger partial charge in [-0.1, -0.05) is 23.6 Å². The van der Waals surface area contributed by atoms with Gasteiger partial charge in [-0.25, -0.2) is 0 Å². The van der Waals surface area contributed by atoms with Crippen LogP contribution in [0.2, 0.25) is 0 Å². The number of aliphatic hydroxyl groups is 1. The maximum Gasteiger partial charge on any atom is 0.201 e. The first kappa shape index (κ1) is 11.3. The van der Waals surface area contributed by atoms with Crippen LogP contribution in [0.15, 0.2) is 11.5 Å². The topological polar surface area (TPSA) is 50.9 Å². The number of hydrogen-bond donors (Lipinski definition) is 1. The van der Waals surface area contributed by atoms with Crippen LogP contribution in [0.4, 0.5) is 0 Å². The van der Waals surface area contributed by atoms with E-state index >= 15 is 0 Å². The predicted molar refractivity (Wildman–Crippen MR) is 62.7 cm³/mol. The molecule has 0 atom stereocenters. The summed E-state index contributed by atoms with van der Waals surface area (Å²) in [6.07, 6.45) is 6.38. The smallest absolute Gasteiger partial charge is 0.201 e. The van der Waals surface area contributed by atoms with Crippen LogP contribution < -0.4 is 0 Å². The lowest BCUT2D eigenvalue weighted by atomic mass is 10.1. The Morgan fingerprint density at radius 3 is 2.80 bits per heavy atom.